The van der Waals surface area contributed by atoms with E-state index in [0.29, 0.717) is 6.10 Å². The molecular formula is C13H27O4Ti. The summed E-state index contributed by atoms with van der Waals surface area (Å²) < 4.78 is 23.5. The van der Waals surface area contributed by atoms with Gasteiger partial charge in [0.25, 0.3) is 0 Å². The molecule has 0 aromatic rings. The monoisotopic (exact) mass is 295 g/mol. The molecule has 0 aromatic heterocycles. The Bertz CT molecular complexity index is 197. The van der Waals surface area contributed by atoms with Gasteiger partial charge in [0.2, 0.25) is 0 Å². The van der Waals surface area contributed by atoms with E-state index in [1.165, 1.54) is 0 Å². The van der Waals surface area contributed by atoms with Crippen LogP contribution in [0, 0.1) is 0 Å². The predicted octanol–water partition coefficient (Wildman–Crippen LogP) is 2.90. The number of hydrogen-bond acceptors (Lipinski definition) is 4. The fraction of sp³-hybridized carbons (Fsp3) is 1.00. The van der Waals surface area contributed by atoms with E-state index in [-0.39, 0.29) is 12.2 Å². The summed E-state index contributed by atoms with van der Waals surface area (Å²) in [6, 6.07) is 0. The molecule has 1 rings (SSSR count). The molecule has 5 heteroatoms. The Morgan fingerprint density at radius 3 is 2.22 bits per heavy atom. The molecule has 1 unspecified atom stereocenters. The van der Waals surface area contributed by atoms with Crippen molar-refractivity contribution in [2.45, 2.75) is 63.6 Å². The van der Waals surface area contributed by atoms with Crippen molar-refractivity contribution in [1.29, 1.82) is 0 Å². The summed E-state index contributed by atoms with van der Waals surface area (Å²) in [4.78, 5) is 0. The van der Waals surface area contributed by atoms with Gasteiger partial charge in [0.1, 0.15) is 0 Å². The van der Waals surface area contributed by atoms with Gasteiger partial charge in [-0.1, -0.05) is 0 Å². The Balaban J connectivity index is 1.99. The maximum absolute atomic E-state index is 5.90. The van der Waals surface area contributed by atoms with Crippen molar-refractivity contribution in [2.24, 2.45) is 0 Å². The Hall–Kier alpha value is 0.554. The van der Waals surface area contributed by atoms with Gasteiger partial charge in [0, 0.05) is 0 Å². The van der Waals surface area contributed by atoms with Crippen LogP contribution in [0.2, 0.25) is 4.73 Å². The van der Waals surface area contributed by atoms with E-state index in [4.69, 9.17) is 16.1 Å². The van der Waals surface area contributed by atoms with Gasteiger partial charge < -0.3 is 0 Å². The minimum atomic E-state index is -1.77. The average molecular weight is 295 g/mol. The predicted molar refractivity (Wildman–Crippen MR) is 67.0 cm³/mol. The molecule has 0 radical (unpaired) electrons. The molecule has 0 bridgehead atoms. The summed E-state index contributed by atoms with van der Waals surface area (Å²) in [6.45, 7) is 10.8. The first kappa shape index (κ1) is 16.6. The third kappa shape index (κ3) is 9.48. The van der Waals surface area contributed by atoms with Crippen LogP contribution in [0.3, 0.4) is 0 Å². The van der Waals surface area contributed by atoms with Gasteiger partial charge in [0.05, 0.1) is 0 Å². The van der Waals surface area contributed by atoms with Crippen molar-refractivity contribution in [1.82, 2.24) is 0 Å². The number of hydrogen-bond donors (Lipinski definition) is 0. The second-order valence-electron chi connectivity index (χ2n) is 5.19. The molecule has 1 fully saturated rings. The molecule has 0 spiro atoms. The van der Waals surface area contributed by atoms with E-state index in [1.807, 2.05) is 0 Å². The van der Waals surface area contributed by atoms with E-state index < -0.39 is 18.6 Å². The fourth-order valence-corrected chi connectivity index (χ4v) is 4.46. The zero-order valence-electron chi connectivity index (χ0n) is 12.1. The molecule has 1 aliphatic rings. The van der Waals surface area contributed by atoms with Crippen molar-refractivity contribution in [3.05, 3.63) is 0 Å². The minimum absolute atomic E-state index is 0.280. The van der Waals surface area contributed by atoms with E-state index in [2.05, 4.69) is 27.7 Å². The third-order valence-electron chi connectivity index (χ3n) is 2.36. The molecule has 0 aromatic carbocycles. The number of rotatable bonds is 11. The van der Waals surface area contributed by atoms with Crippen molar-refractivity contribution >= 4 is 0 Å². The summed E-state index contributed by atoms with van der Waals surface area (Å²) >= 11 is -1.77. The zero-order chi connectivity index (χ0) is 13.4. The molecule has 0 amide bonds. The molecule has 1 heterocycles. The van der Waals surface area contributed by atoms with Gasteiger partial charge in [0.15, 0.2) is 0 Å². The van der Waals surface area contributed by atoms with Crippen LogP contribution < -0.4 is 0 Å². The van der Waals surface area contributed by atoms with Gasteiger partial charge in [-0.25, -0.2) is 0 Å². The van der Waals surface area contributed by atoms with Crippen LogP contribution in [0.25, 0.3) is 0 Å². The molecule has 18 heavy (non-hydrogen) atoms. The summed E-state index contributed by atoms with van der Waals surface area (Å²) in [5.74, 6) is 0. The van der Waals surface area contributed by atoms with Gasteiger partial charge in [-0.2, -0.15) is 0 Å². The number of ether oxygens (including phenoxy) is 2. The van der Waals surface area contributed by atoms with Gasteiger partial charge >= 0.3 is 118 Å². The molecule has 0 saturated carbocycles. The van der Waals surface area contributed by atoms with Crippen LogP contribution in [0.5, 0.6) is 0 Å². The van der Waals surface area contributed by atoms with E-state index in [0.717, 1.165) is 37.4 Å². The van der Waals surface area contributed by atoms with Crippen molar-refractivity contribution in [3.63, 3.8) is 0 Å². The molecule has 1 atom stereocenters. The molecular weight excluding hydrogens is 268 g/mol. The first-order chi connectivity index (χ1) is 8.58. The van der Waals surface area contributed by atoms with E-state index in [9.17, 15) is 0 Å². The zero-order valence-corrected chi connectivity index (χ0v) is 13.7. The SMILES string of the molecule is CC(C)[O][Ti]([CH2]CCCOCC1CO1)[O]C(C)C. The number of epoxide rings is 1. The van der Waals surface area contributed by atoms with Crippen LogP contribution in [0.4, 0.5) is 0 Å². The molecule has 107 valence electrons. The molecule has 0 aliphatic carbocycles. The normalized spacial score (nSPS) is 18.7. The van der Waals surface area contributed by atoms with Crippen LogP contribution in [-0.4, -0.2) is 38.1 Å². The second kappa shape index (κ2) is 9.46. The number of unbranched alkanes of at least 4 members (excludes halogenated alkanes) is 1. The van der Waals surface area contributed by atoms with Crippen LogP contribution in [-0.2, 0) is 34.8 Å². The van der Waals surface area contributed by atoms with Gasteiger partial charge in [-0.05, 0) is 0 Å². The van der Waals surface area contributed by atoms with Crippen LogP contribution in [0.1, 0.15) is 40.5 Å². The molecule has 1 saturated heterocycles. The standard InChI is InChI=1S/C7H13O2.2C3H7O.Ti/c1-2-3-4-8-5-7-6-9-7;2*1-3(2)4;/h7H,1-6H2;2*3H,1-2H3;/q;2*-1;+2. The fourth-order valence-electron chi connectivity index (χ4n) is 1.52. The third-order valence-corrected chi connectivity index (χ3v) is 5.84. The molecule has 4 nitrogen and oxygen atoms in total. The van der Waals surface area contributed by atoms with Crippen LogP contribution in [0.15, 0.2) is 0 Å². The van der Waals surface area contributed by atoms with E-state index in [1.54, 1.807) is 0 Å². The maximum atomic E-state index is 5.90. The Morgan fingerprint density at radius 1 is 1.11 bits per heavy atom. The first-order valence-electron chi connectivity index (χ1n) is 6.96. The Morgan fingerprint density at radius 2 is 1.72 bits per heavy atom. The summed E-state index contributed by atoms with van der Waals surface area (Å²) in [6.07, 6.45) is 3.17. The van der Waals surface area contributed by atoms with Crippen molar-refractivity contribution < 1.29 is 34.8 Å². The van der Waals surface area contributed by atoms with Crippen molar-refractivity contribution in [2.75, 3.05) is 19.8 Å². The summed E-state index contributed by atoms with van der Waals surface area (Å²) in [7, 11) is 0. The Labute approximate surface area is 118 Å². The van der Waals surface area contributed by atoms with Gasteiger partial charge in [-0.15, -0.1) is 0 Å². The molecule has 0 N–H and O–H groups in total. The Kier molecular flexibility index (Phi) is 8.73. The topological polar surface area (TPSA) is 40.2 Å². The first-order valence-corrected chi connectivity index (χ1v) is 9.34. The van der Waals surface area contributed by atoms with Gasteiger partial charge in [-0.3, -0.25) is 0 Å². The summed E-state index contributed by atoms with van der Waals surface area (Å²) in [5, 5.41) is 0. The second-order valence-corrected chi connectivity index (χ2v) is 7.87. The average Bonchev–Trinajstić information content (AvgIpc) is 3.05. The molecule has 1 aliphatic heterocycles. The van der Waals surface area contributed by atoms with Crippen LogP contribution >= 0.6 is 0 Å². The van der Waals surface area contributed by atoms with Crippen molar-refractivity contribution in [3.8, 4) is 0 Å². The van der Waals surface area contributed by atoms with E-state index >= 15 is 0 Å². The summed E-state index contributed by atoms with van der Waals surface area (Å²) in [5.41, 5.74) is 0. The quantitative estimate of drug-likeness (QED) is 0.334.